The summed E-state index contributed by atoms with van der Waals surface area (Å²) in [5.74, 6) is -0.911. The summed E-state index contributed by atoms with van der Waals surface area (Å²) in [6.07, 6.45) is 0. The number of para-hydroxylation sites is 1. The van der Waals surface area contributed by atoms with Gasteiger partial charge in [-0.25, -0.2) is 13.6 Å². The minimum absolute atomic E-state index is 0.109. The number of hydrogen-bond acceptors (Lipinski definition) is 3. The van der Waals surface area contributed by atoms with E-state index in [-0.39, 0.29) is 12.6 Å². The van der Waals surface area contributed by atoms with Crippen molar-refractivity contribution in [3.8, 4) is 5.75 Å². The summed E-state index contributed by atoms with van der Waals surface area (Å²) < 4.78 is 32.3. The van der Waals surface area contributed by atoms with Gasteiger partial charge in [0.25, 0.3) is 0 Å². The number of hydrogen-bond donors (Lipinski definition) is 2. The van der Waals surface area contributed by atoms with Crippen LogP contribution in [0.2, 0.25) is 0 Å². The Labute approximate surface area is 145 Å². The number of nitrogens with one attached hydrogen (secondary N) is 2. The lowest BCUT2D eigenvalue weighted by molar-refractivity contribution is 0.243. The van der Waals surface area contributed by atoms with Gasteiger partial charge in [-0.3, -0.25) is 0 Å². The molecule has 5 nitrogen and oxygen atoms in total. The molecule has 0 heterocycles. The minimum Gasteiger partial charge on any atom is -0.497 e. The Morgan fingerprint density at radius 1 is 1.12 bits per heavy atom. The smallest absolute Gasteiger partial charge is 0.319 e. The SMILES string of the molecule is COc1ccc(C(CNC(=O)Nc2c(F)cccc2F)N(C)C)cc1. The largest absolute Gasteiger partial charge is 0.497 e. The quantitative estimate of drug-likeness (QED) is 0.840. The molecule has 2 aromatic rings. The first-order valence-electron chi connectivity index (χ1n) is 7.71. The maximum Gasteiger partial charge on any atom is 0.319 e. The molecule has 1 atom stereocenters. The van der Waals surface area contributed by atoms with Crippen LogP contribution in [0.25, 0.3) is 0 Å². The van der Waals surface area contributed by atoms with Crippen LogP contribution in [0, 0.1) is 11.6 Å². The fourth-order valence-electron chi connectivity index (χ4n) is 2.39. The molecule has 2 amide bonds. The number of methoxy groups -OCH3 is 1. The molecule has 0 radical (unpaired) electrons. The molecule has 0 saturated carbocycles. The van der Waals surface area contributed by atoms with E-state index in [9.17, 15) is 13.6 Å². The second-order valence-corrected chi connectivity index (χ2v) is 5.68. The van der Waals surface area contributed by atoms with Crippen LogP contribution in [0.5, 0.6) is 5.75 Å². The number of benzene rings is 2. The molecule has 2 aromatic carbocycles. The van der Waals surface area contributed by atoms with E-state index in [1.165, 1.54) is 6.07 Å². The molecule has 0 aliphatic heterocycles. The predicted octanol–water partition coefficient (Wildman–Crippen LogP) is 3.40. The van der Waals surface area contributed by atoms with Crippen molar-refractivity contribution in [3.05, 3.63) is 59.7 Å². The van der Waals surface area contributed by atoms with Gasteiger partial charge in [0.05, 0.1) is 13.2 Å². The van der Waals surface area contributed by atoms with E-state index in [2.05, 4.69) is 10.6 Å². The molecule has 0 aliphatic carbocycles. The number of nitrogens with zero attached hydrogens (tertiary/aromatic N) is 1. The highest BCUT2D eigenvalue weighted by Gasteiger charge is 2.17. The lowest BCUT2D eigenvalue weighted by atomic mass is 10.1. The highest BCUT2D eigenvalue weighted by molar-refractivity contribution is 5.89. The molecule has 2 rings (SSSR count). The predicted molar refractivity (Wildman–Crippen MR) is 92.8 cm³/mol. The lowest BCUT2D eigenvalue weighted by Gasteiger charge is -2.25. The van der Waals surface area contributed by atoms with Crippen molar-refractivity contribution in [1.82, 2.24) is 10.2 Å². The zero-order valence-corrected chi connectivity index (χ0v) is 14.3. The van der Waals surface area contributed by atoms with Crippen LogP contribution in [-0.4, -0.2) is 38.7 Å². The van der Waals surface area contributed by atoms with Gasteiger partial charge in [0.15, 0.2) is 0 Å². The summed E-state index contributed by atoms with van der Waals surface area (Å²) in [6.45, 7) is 0.265. The van der Waals surface area contributed by atoms with E-state index in [0.29, 0.717) is 0 Å². The molecule has 0 spiro atoms. The van der Waals surface area contributed by atoms with Crippen LogP contribution in [0.3, 0.4) is 0 Å². The summed E-state index contributed by atoms with van der Waals surface area (Å²) in [6, 6.07) is 10.1. The van der Waals surface area contributed by atoms with Crippen LogP contribution >= 0.6 is 0 Å². The highest BCUT2D eigenvalue weighted by Crippen LogP contribution is 2.21. The number of carbonyl (C=O) groups excluding carboxylic acids is 1. The van der Waals surface area contributed by atoms with Gasteiger partial charge in [0.1, 0.15) is 23.1 Å². The van der Waals surface area contributed by atoms with E-state index in [0.717, 1.165) is 23.4 Å². The molecule has 1 unspecified atom stereocenters. The first-order valence-corrected chi connectivity index (χ1v) is 7.71. The van der Waals surface area contributed by atoms with Gasteiger partial charge in [0, 0.05) is 6.54 Å². The zero-order valence-electron chi connectivity index (χ0n) is 14.3. The second kappa shape index (κ2) is 8.43. The summed E-state index contributed by atoms with van der Waals surface area (Å²) >= 11 is 0. The number of rotatable bonds is 6. The second-order valence-electron chi connectivity index (χ2n) is 5.68. The molecule has 0 aliphatic rings. The molecule has 0 bridgehead atoms. The van der Waals surface area contributed by atoms with Gasteiger partial charge in [-0.2, -0.15) is 0 Å². The first kappa shape index (κ1) is 18.7. The molecular weight excluding hydrogens is 328 g/mol. The van der Waals surface area contributed by atoms with Gasteiger partial charge >= 0.3 is 6.03 Å². The van der Waals surface area contributed by atoms with Crippen LogP contribution in [0.15, 0.2) is 42.5 Å². The van der Waals surface area contributed by atoms with Crippen molar-refractivity contribution in [1.29, 1.82) is 0 Å². The number of ether oxygens (including phenoxy) is 1. The van der Waals surface area contributed by atoms with Crippen LogP contribution in [-0.2, 0) is 0 Å². The van der Waals surface area contributed by atoms with E-state index in [4.69, 9.17) is 4.74 Å². The Hall–Kier alpha value is -2.67. The fourth-order valence-corrected chi connectivity index (χ4v) is 2.39. The molecule has 0 aromatic heterocycles. The number of likely N-dealkylation sites (N-methyl/N-ethyl adjacent to an activating group) is 1. The van der Waals surface area contributed by atoms with E-state index in [1.54, 1.807) is 7.11 Å². The maximum absolute atomic E-state index is 13.6. The third kappa shape index (κ3) is 4.90. The number of amides is 2. The number of anilines is 1. The Bertz CT molecular complexity index is 701. The topological polar surface area (TPSA) is 53.6 Å². The summed E-state index contributed by atoms with van der Waals surface area (Å²) in [7, 11) is 5.35. The first-order chi connectivity index (χ1) is 11.9. The number of carbonyl (C=O) groups is 1. The van der Waals surface area contributed by atoms with Crippen molar-refractivity contribution in [2.75, 3.05) is 33.1 Å². The molecule has 7 heteroatoms. The standard InChI is InChI=1S/C18H21F2N3O2/c1-23(2)16(12-7-9-13(25-3)10-8-12)11-21-18(24)22-17-14(19)5-4-6-15(17)20/h4-10,16H,11H2,1-3H3,(H2,21,22,24). The third-order valence-corrected chi connectivity index (χ3v) is 3.78. The van der Waals surface area contributed by atoms with Crippen molar-refractivity contribution in [2.24, 2.45) is 0 Å². The van der Waals surface area contributed by atoms with E-state index in [1.807, 2.05) is 43.3 Å². The average molecular weight is 349 g/mol. The van der Waals surface area contributed by atoms with Crippen molar-refractivity contribution < 1.29 is 18.3 Å². The molecule has 0 fully saturated rings. The number of urea groups is 1. The maximum atomic E-state index is 13.6. The third-order valence-electron chi connectivity index (χ3n) is 3.78. The number of halogens is 2. The van der Waals surface area contributed by atoms with Gasteiger partial charge < -0.3 is 20.3 Å². The fraction of sp³-hybridized carbons (Fsp3) is 0.278. The molecule has 2 N–H and O–H groups in total. The van der Waals surface area contributed by atoms with Gasteiger partial charge in [0.2, 0.25) is 0 Å². The Kier molecular flexibility index (Phi) is 6.30. The molecule has 134 valence electrons. The average Bonchev–Trinajstić information content (AvgIpc) is 2.59. The lowest BCUT2D eigenvalue weighted by Crippen LogP contribution is -2.37. The normalized spacial score (nSPS) is 11.9. The van der Waals surface area contributed by atoms with Crippen LogP contribution in [0.4, 0.5) is 19.3 Å². The summed E-state index contributed by atoms with van der Waals surface area (Å²) in [5, 5.41) is 4.84. The van der Waals surface area contributed by atoms with Gasteiger partial charge in [-0.15, -0.1) is 0 Å². The van der Waals surface area contributed by atoms with Gasteiger partial charge in [-0.05, 0) is 43.9 Å². The zero-order chi connectivity index (χ0) is 18.4. The Balaban J connectivity index is 2.01. The summed E-state index contributed by atoms with van der Waals surface area (Å²) in [5.41, 5.74) is 0.508. The monoisotopic (exact) mass is 349 g/mol. The van der Waals surface area contributed by atoms with Crippen molar-refractivity contribution in [2.45, 2.75) is 6.04 Å². The van der Waals surface area contributed by atoms with E-state index >= 15 is 0 Å². The minimum atomic E-state index is -0.825. The van der Waals surface area contributed by atoms with Crippen molar-refractivity contribution >= 4 is 11.7 Å². The summed E-state index contributed by atoms with van der Waals surface area (Å²) in [4.78, 5) is 13.9. The Morgan fingerprint density at radius 2 is 1.72 bits per heavy atom. The van der Waals surface area contributed by atoms with E-state index < -0.39 is 23.4 Å². The molecule has 25 heavy (non-hydrogen) atoms. The van der Waals surface area contributed by atoms with Crippen LogP contribution < -0.4 is 15.4 Å². The molecular formula is C18H21F2N3O2. The Morgan fingerprint density at radius 3 is 2.24 bits per heavy atom. The van der Waals surface area contributed by atoms with Crippen LogP contribution in [0.1, 0.15) is 11.6 Å². The molecule has 0 saturated heterocycles. The van der Waals surface area contributed by atoms with Gasteiger partial charge in [-0.1, -0.05) is 18.2 Å². The highest BCUT2D eigenvalue weighted by atomic mass is 19.1. The van der Waals surface area contributed by atoms with Crippen molar-refractivity contribution in [3.63, 3.8) is 0 Å².